The smallest absolute Gasteiger partial charge is 0.312 e. The zero-order valence-corrected chi connectivity index (χ0v) is 22.3. The molecule has 4 aliphatic carbocycles. The van der Waals surface area contributed by atoms with Crippen LogP contribution in [0.15, 0.2) is 84.9 Å². The lowest BCUT2D eigenvalue weighted by Gasteiger charge is -2.61. The molecule has 4 bridgehead atoms. The van der Waals surface area contributed by atoms with E-state index in [1.807, 2.05) is 60.7 Å². The molecule has 1 amide bonds. The molecule has 38 heavy (non-hydrogen) atoms. The van der Waals surface area contributed by atoms with Crippen LogP contribution in [-0.4, -0.2) is 23.4 Å². The Bertz CT molecular complexity index is 1230. The van der Waals surface area contributed by atoms with Crippen LogP contribution < -0.4 is 0 Å². The Morgan fingerprint density at radius 2 is 1.34 bits per heavy atom. The number of carbonyl (C=O) groups is 2. The van der Waals surface area contributed by atoms with E-state index in [1.54, 1.807) is 4.90 Å². The Hall–Kier alpha value is -3.40. The van der Waals surface area contributed by atoms with Gasteiger partial charge in [0.05, 0.1) is 5.41 Å². The van der Waals surface area contributed by atoms with Crippen molar-refractivity contribution >= 4 is 11.9 Å². The van der Waals surface area contributed by atoms with Crippen LogP contribution in [0.1, 0.15) is 60.8 Å². The molecule has 3 aromatic carbocycles. The lowest BCUT2D eigenvalue weighted by Crippen LogP contribution is -2.57. The molecule has 3 aromatic rings. The monoisotopic (exact) mass is 507 g/mol. The number of rotatable bonds is 8. The highest BCUT2D eigenvalue weighted by molar-refractivity contribution is 5.83. The minimum atomic E-state index is -0.459. The highest BCUT2D eigenvalue weighted by Crippen LogP contribution is 2.66. The van der Waals surface area contributed by atoms with Gasteiger partial charge in [-0.05, 0) is 79.4 Å². The van der Waals surface area contributed by atoms with Crippen LogP contribution in [0.4, 0.5) is 0 Å². The molecule has 0 radical (unpaired) electrons. The fraction of sp³-hybridized carbons (Fsp3) is 0.412. The molecule has 0 saturated heterocycles. The first-order valence-corrected chi connectivity index (χ1v) is 14.0. The summed E-state index contributed by atoms with van der Waals surface area (Å²) in [7, 11) is 0. The van der Waals surface area contributed by atoms with Crippen LogP contribution in [0, 0.1) is 24.2 Å². The van der Waals surface area contributed by atoms with Gasteiger partial charge in [-0.15, -0.1) is 0 Å². The van der Waals surface area contributed by atoms with Crippen LogP contribution in [0.3, 0.4) is 0 Å². The molecule has 0 N–H and O–H groups in total. The molecule has 0 heterocycles. The van der Waals surface area contributed by atoms with Crippen molar-refractivity contribution in [2.24, 2.45) is 17.3 Å². The van der Waals surface area contributed by atoms with Gasteiger partial charge in [0.2, 0.25) is 0 Å². The number of amides is 1. The van der Waals surface area contributed by atoms with E-state index in [0.717, 1.165) is 30.4 Å². The van der Waals surface area contributed by atoms with E-state index >= 15 is 0 Å². The van der Waals surface area contributed by atoms with Gasteiger partial charge < -0.3 is 9.64 Å². The highest BCUT2D eigenvalue weighted by atomic mass is 16.5. The number of aryl methyl sites for hydroxylation is 1. The van der Waals surface area contributed by atoms with E-state index in [9.17, 15) is 9.59 Å². The molecule has 4 saturated carbocycles. The van der Waals surface area contributed by atoms with Crippen molar-refractivity contribution < 1.29 is 14.3 Å². The first-order chi connectivity index (χ1) is 18.4. The summed E-state index contributed by atoms with van der Waals surface area (Å²) in [6.07, 6.45) is 6.22. The summed E-state index contributed by atoms with van der Waals surface area (Å²) >= 11 is 0. The van der Waals surface area contributed by atoms with Gasteiger partial charge in [0, 0.05) is 13.1 Å². The first-order valence-electron chi connectivity index (χ1n) is 14.0. The number of hydrogen-bond donors (Lipinski definition) is 0. The summed E-state index contributed by atoms with van der Waals surface area (Å²) in [5.74, 6) is 0.821. The average molecular weight is 508 g/mol. The summed E-state index contributed by atoms with van der Waals surface area (Å²) < 4.78 is 5.91. The molecule has 2 atom stereocenters. The Kier molecular flexibility index (Phi) is 6.59. The minimum absolute atomic E-state index is 0.0630. The number of carbonyl (C=O) groups excluding carboxylic acids is 2. The SMILES string of the molecule is Cc1ccc(C23C[C@H]4C[C@@H](CC(C(=O)OCC(=O)N(Cc5ccccc5)Cc5ccccc5)(C4)C2)C3)cc1. The van der Waals surface area contributed by atoms with Crippen LogP contribution in [0.25, 0.3) is 0 Å². The fourth-order valence-corrected chi connectivity index (χ4v) is 7.96. The molecule has 4 heteroatoms. The Morgan fingerprint density at radius 1 is 0.789 bits per heavy atom. The van der Waals surface area contributed by atoms with Crippen molar-refractivity contribution in [2.75, 3.05) is 6.61 Å². The molecule has 4 aliphatic rings. The molecule has 0 aromatic heterocycles. The maximum atomic E-state index is 13.8. The van der Waals surface area contributed by atoms with E-state index in [0.29, 0.717) is 24.9 Å². The van der Waals surface area contributed by atoms with Gasteiger partial charge in [-0.1, -0.05) is 90.5 Å². The Morgan fingerprint density at radius 3 is 1.89 bits per heavy atom. The van der Waals surface area contributed by atoms with Crippen LogP contribution in [-0.2, 0) is 32.8 Å². The summed E-state index contributed by atoms with van der Waals surface area (Å²) in [5.41, 5.74) is 4.37. The molecule has 4 nitrogen and oxygen atoms in total. The quantitative estimate of drug-likeness (QED) is 0.323. The summed E-state index contributed by atoms with van der Waals surface area (Å²) in [6.45, 7) is 2.89. The number of ether oxygens (including phenoxy) is 1. The van der Waals surface area contributed by atoms with Crippen LogP contribution in [0.2, 0.25) is 0 Å². The number of esters is 1. The Balaban J connectivity index is 1.17. The summed E-state index contributed by atoms with van der Waals surface area (Å²) in [6, 6.07) is 28.9. The fourth-order valence-electron chi connectivity index (χ4n) is 7.96. The van der Waals surface area contributed by atoms with Gasteiger partial charge in [0.1, 0.15) is 0 Å². The minimum Gasteiger partial charge on any atom is -0.455 e. The van der Waals surface area contributed by atoms with Crippen molar-refractivity contribution in [3.05, 3.63) is 107 Å². The Labute approximate surface area is 226 Å². The third-order valence-corrected chi connectivity index (χ3v) is 9.27. The standard InChI is InChI=1S/C34H37NO3/c1-25-12-14-30(15-13-25)33-17-28-16-29(18-33)20-34(19-28,24-33)32(37)38-23-31(36)35(21-26-8-4-2-5-9-26)22-27-10-6-3-7-11-27/h2-15,28-29H,16-24H2,1H3/t28-,29-,33?,34?/m1/s1. The van der Waals surface area contributed by atoms with Crippen molar-refractivity contribution in [3.63, 3.8) is 0 Å². The van der Waals surface area contributed by atoms with Gasteiger partial charge in [-0.3, -0.25) is 9.59 Å². The zero-order chi connectivity index (χ0) is 26.2. The predicted octanol–water partition coefficient (Wildman–Crippen LogP) is 6.61. The van der Waals surface area contributed by atoms with E-state index in [2.05, 4.69) is 31.2 Å². The highest BCUT2D eigenvalue weighted by Gasteiger charge is 2.61. The number of nitrogens with zero attached hydrogens (tertiary/aromatic N) is 1. The summed E-state index contributed by atoms with van der Waals surface area (Å²) in [4.78, 5) is 29.0. The molecule has 0 spiro atoms. The van der Waals surface area contributed by atoms with Crippen molar-refractivity contribution in [3.8, 4) is 0 Å². The largest absolute Gasteiger partial charge is 0.455 e. The molecular formula is C34H37NO3. The topological polar surface area (TPSA) is 46.6 Å². The molecule has 7 rings (SSSR count). The van der Waals surface area contributed by atoms with Crippen molar-refractivity contribution in [1.82, 2.24) is 4.90 Å². The zero-order valence-electron chi connectivity index (χ0n) is 22.3. The molecule has 196 valence electrons. The lowest BCUT2D eigenvalue weighted by atomic mass is 9.43. The number of hydrogen-bond acceptors (Lipinski definition) is 3. The maximum absolute atomic E-state index is 13.8. The van der Waals surface area contributed by atoms with Gasteiger partial charge >= 0.3 is 5.97 Å². The molecule has 4 fully saturated rings. The second kappa shape index (κ2) is 10.1. The number of benzene rings is 3. The molecule has 0 aliphatic heterocycles. The molecule has 0 unspecified atom stereocenters. The van der Waals surface area contributed by atoms with Crippen molar-refractivity contribution in [1.29, 1.82) is 0 Å². The van der Waals surface area contributed by atoms with Crippen LogP contribution >= 0.6 is 0 Å². The summed E-state index contributed by atoms with van der Waals surface area (Å²) in [5, 5.41) is 0. The van der Waals surface area contributed by atoms with Gasteiger partial charge in [-0.25, -0.2) is 0 Å². The first kappa shape index (κ1) is 24.9. The second-order valence-electron chi connectivity index (χ2n) is 12.2. The van der Waals surface area contributed by atoms with Crippen molar-refractivity contribution in [2.45, 2.75) is 64.0 Å². The predicted molar refractivity (Wildman–Crippen MR) is 148 cm³/mol. The van der Waals surface area contributed by atoms with Gasteiger partial charge in [-0.2, -0.15) is 0 Å². The normalized spacial score (nSPS) is 27.2. The van der Waals surface area contributed by atoms with E-state index in [4.69, 9.17) is 4.74 Å². The average Bonchev–Trinajstić information content (AvgIpc) is 2.92. The van der Waals surface area contributed by atoms with E-state index in [1.165, 1.54) is 30.4 Å². The van der Waals surface area contributed by atoms with Crippen LogP contribution in [0.5, 0.6) is 0 Å². The van der Waals surface area contributed by atoms with Gasteiger partial charge in [0.25, 0.3) is 5.91 Å². The van der Waals surface area contributed by atoms with E-state index in [-0.39, 0.29) is 23.9 Å². The van der Waals surface area contributed by atoms with E-state index < -0.39 is 5.41 Å². The van der Waals surface area contributed by atoms with Gasteiger partial charge in [0.15, 0.2) is 6.61 Å². The lowest BCUT2D eigenvalue weighted by molar-refractivity contribution is -0.177. The third kappa shape index (κ3) is 4.89. The maximum Gasteiger partial charge on any atom is 0.312 e. The second-order valence-corrected chi connectivity index (χ2v) is 12.2. The third-order valence-electron chi connectivity index (χ3n) is 9.27. The molecular weight excluding hydrogens is 470 g/mol.